The molecule has 5 N–H and O–H groups in total. The number of carbonyl (C=O) groups is 1. The molecule has 0 saturated heterocycles. The van der Waals surface area contributed by atoms with Gasteiger partial charge in [0, 0.05) is 12.7 Å². The summed E-state index contributed by atoms with van der Waals surface area (Å²) >= 11 is 0. The van der Waals surface area contributed by atoms with Crippen molar-refractivity contribution in [2.45, 2.75) is 6.61 Å². The number of anilines is 3. The molecule has 1 amide bonds. The summed E-state index contributed by atoms with van der Waals surface area (Å²) in [7, 11) is 1.61. The van der Waals surface area contributed by atoms with Gasteiger partial charge in [-0.2, -0.15) is 0 Å². The Bertz CT molecular complexity index is 592. The Balaban J connectivity index is 2.16. The zero-order valence-electron chi connectivity index (χ0n) is 11.0. The Hall–Kier alpha value is -2.67. The molecule has 0 unspecified atom stereocenters. The molecule has 0 aliphatic heterocycles. The Morgan fingerprint density at radius 1 is 1.20 bits per heavy atom. The van der Waals surface area contributed by atoms with Gasteiger partial charge in [0.15, 0.2) is 11.6 Å². The fourth-order valence-corrected chi connectivity index (χ4v) is 1.65. The van der Waals surface area contributed by atoms with E-state index in [1.165, 1.54) is 6.33 Å². The first-order chi connectivity index (χ1) is 9.61. The SMILES string of the molecule is COCc1ccc(C(=O)Nc2c(N)ncnc2N)cc1. The lowest BCUT2D eigenvalue weighted by Crippen LogP contribution is -2.16. The van der Waals surface area contributed by atoms with E-state index in [4.69, 9.17) is 16.2 Å². The van der Waals surface area contributed by atoms with Crippen LogP contribution in [0, 0.1) is 0 Å². The fraction of sp³-hybridized carbons (Fsp3) is 0.154. The molecule has 0 spiro atoms. The summed E-state index contributed by atoms with van der Waals surface area (Å²) in [5.41, 5.74) is 13.0. The number of amides is 1. The molecular formula is C13H15N5O2. The highest BCUT2D eigenvalue weighted by atomic mass is 16.5. The van der Waals surface area contributed by atoms with Crippen LogP contribution in [0.25, 0.3) is 0 Å². The van der Waals surface area contributed by atoms with E-state index in [-0.39, 0.29) is 23.2 Å². The molecule has 0 atom stereocenters. The monoisotopic (exact) mass is 273 g/mol. The van der Waals surface area contributed by atoms with Gasteiger partial charge in [0.1, 0.15) is 12.0 Å². The Kier molecular flexibility index (Phi) is 4.11. The first-order valence-electron chi connectivity index (χ1n) is 5.87. The number of nitrogens with zero attached hydrogens (tertiary/aromatic N) is 2. The predicted molar refractivity (Wildman–Crippen MR) is 76.0 cm³/mol. The van der Waals surface area contributed by atoms with Gasteiger partial charge in [-0.1, -0.05) is 12.1 Å². The standard InChI is InChI=1S/C13H15N5O2/c1-20-6-8-2-4-9(5-3-8)13(19)18-10-11(14)16-7-17-12(10)15/h2-5,7H,6H2,1H3,(H,18,19)(H4,14,15,16,17). The third-order valence-corrected chi connectivity index (χ3v) is 2.67. The highest BCUT2D eigenvalue weighted by molar-refractivity contribution is 6.06. The van der Waals surface area contributed by atoms with Crippen LogP contribution in [0.3, 0.4) is 0 Å². The highest BCUT2D eigenvalue weighted by Gasteiger charge is 2.12. The molecule has 7 heteroatoms. The number of benzene rings is 1. The largest absolute Gasteiger partial charge is 0.382 e. The van der Waals surface area contributed by atoms with Crippen LogP contribution >= 0.6 is 0 Å². The average Bonchev–Trinajstić information content (AvgIpc) is 2.44. The number of methoxy groups -OCH3 is 1. The summed E-state index contributed by atoms with van der Waals surface area (Å²) in [6.07, 6.45) is 1.24. The summed E-state index contributed by atoms with van der Waals surface area (Å²) in [5, 5.41) is 2.60. The van der Waals surface area contributed by atoms with Gasteiger partial charge in [0.25, 0.3) is 5.91 Å². The van der Waals surface area contributed by atoms with Crippen LogP contribution in [-0.2, 0) is 11.3 Å². The zero-order chi connectivity index (χ0) is 14.5. The van der Waals surface area contributed by atoms with Gasteiger partial charge in [-0.3, -0.25) is 4.79 Å². The van der Waals surface area contributed by atoms with Crippen molar-refractivity contribution in [3.8, 4) is 0 Å². The molecule has 0 saturated carbocycles. The Morgan fingerprint density at radius 3 is 2.35 bits per heavy atom. The van der Waals surface area contributed by atoms with Crippen molar-refractivity contribution in [2.24, 2.45) is 0 Å². The number of ether oxygens (including phenoxy) is 1. The lowest BCUT2D eigenvalue weighted by molar-refractivity contribution is 0.102. The number of rotatable bonds is 4. The lowest BCUT2D eigenvalue weighted by Gasteiger charge is -2.09. The first-order valence-corrected chi connectivity index (χ1v) is 5.87. The summed E-state index contributed by atoms with van der Waals surface area (Å²) in [6, 6.07) is 7.01. The van der Waals surface area contributed by atoms with Gasteiger partial charge < -0.3 is 21.5 Å². The van der Waals surface area contributed by atoms with Crippen LogP contribution in [0.1, 0.15) is 15.9 Å². The van der Waals surface area contributed by atoms with Gasteiger partial charge in [0.2, 0.25) is 0 Å². The topological polar surface area (TPSA) is 116 Å². The van der Waals surface area contributed by atoms with Crippen molar-refractivity contribution in [3.05, 3.63) is 41.7 Å². The van der Waals surface area contributed by atoms with Crippen molar-refractivity contribution >= 4 is 23.2 Å². The Morgan fingerprint density at radius 2 is 1.80 bits per heavy atom. The molecule has 2 rings (SSSR count). The predicted octanol–water partition coefficient (Wildman–Crippen LogP) is 1.04. The van der Waals surface area contributed by atoms with Gasteiger partial charge in [0.05, 0.1) is 6.61 Å². The molecule has 1 aromatic carbocycles. The van der Waals surface area contributed by atoms with Crippen LogP contribution in [0.2, 0.25) is 0 Å². The maximum atomic E-state index is 12.1. The molecule has 2 aromatic rings. The smallest absolute Gasteiger partial charge is 0.255 e. The minimum atomic E-state index is -0.331. The van der Waals surface area contributed by atoms with Gasteiger partial charge in [-0.25, -0.2) is 9.97 Å². The van der Waals surface area contributed by atoms with E-state index in [1.54, 1.807) is 19.2 Å². The second-order valence-corrected chi connectivity index (χ2v) is 4.10. The summed E-state index contributed by atoms with van der Waals surface area (Å²) < 4.78 is 5.01. The third-order valence-electron chi connectivity index (χ3n) is 2.67. The molecule has 0 fully saturated rings. The van der Waals surface area contributed by atoms with Crippen molar-refractivity contribution in [1.82, 2.24) is 9.97 Å². The molecule has 20 heavy (non-hydrogen) atoms. The molecule has 1 heterocycles. The molecule has 7 nitrogen and oxygen atoms in total. The van der Waals surface area contributed by atoms with E-state index in [0.717, 1.165) is 5.56 Å². The summed E-state index contributed by atoms with van der Waals surface area (Å²) in [5.74, 6) is -0.0779. The first kappa shape index (κ1) is 13.8. The summed E-state index contributed by atoms with van der Waals surface area (Å²) in [4.78, 5) is 19.6. The number of nitrogens with one attached hydrogen (secondary N) is 1. The van der Waals surface area contributed by atoms with Gasteiger partial charge in [-0.05, 0) is 17.7 Å². The molecule has 0 aliphatic carbocycles. The highest BCUT2D eigenvalue weighted by Crippen LogP contribution is 2.21. The zero-order valence-corrected chi connectivity index (χ0v) is 11.0. The van der Waals surface area contributed by atoms with Crippen molar-refractivity contribution in [3.63, 3.8) is 0 Å². The summed E-state index contributed by atoms with van der Waals surface area (Å²) in [6.45, 7) is 0.494. The van der Waals surface area contributed by atoms with E-state index < -0.39 is 0 Å². The molecule has 0 aliphatic rings. The van der Waals surface area contributed by atoms with Crippen molar-refractivity contribution < 1.29 is 9.53 Å². The van der Waals surface area contributed by atoms with Gasteiger partial charge in [-0.15, -0.1) is 0 Å². The van der Waals surface area contributed by atoms with Crippen LogP contribution in [-0.4, -0.2) is 23.0 Å². The molecule has 0 bridgehead atoms. The van der Waals surface area contributed by atoms with E-state index in [0.29, 0.717) is 12.2 Å². The number of nitrogens with two attached hydrogens (primary N) is 2. The minimum absolute atomic E-state index is 0.127. The number of hydrogen-bond donors (Lipinski definition) is 3. The van der Waals surface area contributed by atoms with E-state index in [2.05, 4.69) is 15.3 Å². The number of nitrogen functional groups attached to an aromatic ring is 2. The van der Waals surface area contributed by atoms with Crippen LogP contribution in [0.15, 0.2) is 30.6 Å². The van der Waals surface area contributed by atoms with Crippen LogP contribution < -0.4 is 16.8 Å². The fourth-order valence-electron chi connectivity index (χ4n) is 1.65. The third kappa shape index (κ3) is 3.01. The Labute approximate surface area is 116 Å². The van der Waals surface area contributed by atoms with Gasteiger partial charge >= 0.3 is 0 Å². The minimum Gasteiger partial charge on any atom is -0.382 e. The van der Waals surface area contributed by atoms with E-state index in [1.807, 2.05) is 12.1 Å². The molecule has 104 valence electrons. The maximum absolute atomic E-state index is 12.1. The van der Waals surface area contributed by atoms with Crippen LogP contribution in [0.5, 0.6) is 0 Å². The lowest BCUT2D eigenvalue weighted by atomic mass is 10.1. The molecular weight excluding hydrogens is 258 g/mol. The van der Waals surface area contributed by atoms with Crippen molar-refractivity contribution in [1.29, 1.82) is 0 Å². The van der Waals surface area contributed by atoms with Crippen LogP contribution in [0.4, 0.5) is 17.3 Å². The molecule has 0 radical (unpaired) electrons. The molecule has 1 aromatic heterocycles. The number of hydrogen-bond acceptors (Lipinski definition) is 6. The maximum Gasteiger partial charge on any atom is 0.255 e. The quantitative estimate of drug-likeness (QED) is 0.766. The van der Waals surface area contributed by atoms with Crippen molar-refractivity contribution in [2.75, 3.05) is 23.9 Å². The van der Waals surface area contributed by atoms with E-state index in [9.17, 15) is 4.79 Å². The number of aromatic nitrogens is 2. The average molecular weight is 273 g/mol. The van der Waals surface area contributed by atoms with E-state index >= 15 is 0 Å². The number of carbonyl (C=O) groups excluding carboxylic acids is 1. The normalized spacial score (nSPS) is 10.2. The second kappa shape index (κ2) is 5.98. The second-order valence-electron chi connectivity index (χ2n) is 4.10.